The molecule has 0 heterocycles. The molecule has 5 nitrogen and oxygen atoms in total. The summed E-state index contributed by atoms with van der Waals surface area (Å²) < 4.78 is 14.0. The van der Waals surface area contributed by atoms with Crippen molar-refractivity contribution in [3.63, 3.8) is 0 Å². The Morgan fingerprint density at radius 2 is 1.55 bits per heavy atom. The standard InChI is InChI=1S/C25H24FN3O2/c1-17-8-12-19(13-9-17)27-25(31)23(16-18-10-14-20(15-11-18)29(2)3)28-24(30)21-6-4-5-7-22(21)26/h4-16H,1-3H3,(H,27,31)(H,28,30)/b23-16-. The van der Waals surface area contributed by atoms with Crippen LogP contribution in [0.25, 0.3) is 6.08 Å². The molecule has 3 aromatic rings. The number of benzene rings is 3. The monoisotopic (exact) mass is 417 g/mol. The van der Waals surface area contributed by atoms with Crippen molar-refractivity contribution in [1.29, 1.82) is 0 Å². The van der Waals surface area contributed by atoms with Gasteiger partial charge >= 0.3 is 0 Å². The molecule has 0 aliphatic rings. The molecule has 0 unspecified atom stereocenters. The van der Waals surface area contributed by atoms with Gasteiger partial charge in [-0.2, -0.15) is 0 Å². The maximum Gasteiger partial charge on any atom is 0.272 e. The number of halogens is 1. The van der Waals surface area contributed by atoms with Gasteiger partial charge in [0.05, 0.1) is 5.56 Å². The number of carbonyl (C=O) groups is 2. The fraction of sp³-hybridized carbons (Fsp3) is 0.120. The van der Waals surface area contributed by atoms with Gasteiger partial charge in [0.15, 0.2) is 0 Å². The lowest BCUT2D eigenvalue weighted by atomic mass is 10.1. The zero-order chi connectivity index (χ0) is 22.4. The molecule has 0 spiro atoms. The summed E-state index contributed by atoms with van der Waals surface area (Å²) in [6.07, 6.45) is 1.56. The van der Waals surface area contributed by atoms with Crippen LogP contribution in [0, 0.1) is 12.7 Å². The zero-order valence-corrected chi connectivity index (χ0v) is 17.6. The third-order valence-electron chi connectivity index (χ3n) is 4.64. The van der Waals surface area contributed by atoms with E-state index in [4.69, 9.17) is 0 Å². The van der Waals surface area contributed by atoms with Crippen LogP contribution in [0.3, 0.4) is 0 Å². The quantitative estimate of drug-likeness (QED) is 0.576. The molecular formula is C25H24FN3O2. The van der Waals surface area contributed by atoms with Crippen LogP contribution in [0.1, 0.15) is 21.5 Å². The molecule has 0 atom stereocenters. The third kappa shape index (κ3) is 5.79. The first-order valence-electron chi connectivity index (χ1n) is 9.76. The Hall–Kier alpha value is -3.93. The highest BCUT2D eigenvalue weighted by molar-refractivity contribution is 6.10. The molecular weight excluding hydrogens is 393 g/mol. The first-order chi connectivity index (χ1) is 14.8. The summed E-state index contributed by atoms with van der Waals surface area (Å²) in [5, 5.41) is 5.32. The normalized spacial score (nSPS) is 11.0. The summed E-state index contributed by atoms with van der Waals surface area (Å²) in [4.78, 5) is 27.5. The van der Waals surface area contributed by atoms with E-state index in [9.17, 15) is 14.0 Å². The topological polar surface area (TPSA) is 61.4 Å². The van der Waals surface area contributed by atoms with E-state index < -0.39 is 17.6 Å². The molecule has 0 aliphatic heterocycles. The van der Waals surface area contributed by atoms with Gasteiger partial charge < -0.3 is 15.5 Å². The second kappa shape index (κ2) is 9.71. The Morgan fingerprint density at radius 3 is 2.16 bits per heavy atom. The second-order valence-electron chi connectivity index (χ2n) is 7.30. The van der Waals surface area contributed by atoms with Crippen molar-refractivity contribution >= 4 is 29.3 Å². The number of carbonyl (C=O) groups excluding carboxylic acids is 2. The van der Waals surface area contributed by atoms with Crippen LogP contribution in [0.15, 0.2) is 78.5 Å². The minimum absolute atomic E-state index is 0.00595. The van der Waals surface area contributed by atoms with E-state index in [0.717, 1.165) is 11.3 Å². The van der Waals surface area contributed by atoms with Gasteiger partial charge in [-0.25, -0.2) is 4.39 Å². The molecule has 0 saturated heterocycles. The smallest absolute Gasteiger partial charge is 0.272 e. The second-order valence-corrected chi connectivity index (χ2v) is 7.30. The maximum atomic E-state index is 14.0. The van der Waals surface area contributed by atoms with E-state index in [0.29, 0.717) is 11.3 Å². The van der Waals surface area contributed by atoms with Crippen LogP contribution in [0.2, 0.25) is 0 Å². The van der Waals surface area contributed by atoms with Crippen molar-refractivity contribution in [3.8, 4) is 0 Å². The number of hydrogen-bond acceptors (Lipinski definition) is 3. The van der Waals surface area contributed by atoms with Crippen molar-refractivity contribution < 1.29 is 14.0 Å². The molecule has 0 fully saturated rings. The summed E-state index contributed by atoms with van der Waals surface area (Å²) in [6.45, 7) is 1.95. The van der Waals surface area contributed by atoms with Gasteiger partial charge in [-0.3, -0.25) is 9.59 Å². The molecule has 31 heavy (non-hydrogen) atoms. The molecule has 3 rings (SSSR count). The Morgan fingerprint density at radius 1 is 0.903 bits per heavy atom. The van der Waals surface area contributed by atoms with Crippen molar-refractivity contribution in [2.24, 2.45) is 0 Å². The average molecular weight is 417 g/mol. The zero-order valence-electron chi connectivity index (χ0n) is 17.6. The Labute approximate surface area is 181 Å². The fourth-order valence-corrected chi connectivity index (χ4v) is 2.86. The van der Waals surface area contributed by atoms with Gasteiger partial charge in [-0.05, 0) is 55.0 Å². The largest absolute Gasteiger partial charge is 0.378 e. The molecule has 0 bridgehead atoms. The van der Waals surface area contributed by atoms with Crippen LogP contribution in [-0.2, 0) is 4.79 Å². The van der Waals surface area contributed by atoms with Gasteiger partial charge in [0, 0.05) is 25.5 Å². The number of amides is 2. The maximum absolute atomic E-state index is 14.0. The predicted octanol–water partition coefficient (Wildman–Crippen LogP) is 4.61. The van der Waals surface area contributed by atoms with Crippen molar-refractivity contribution in [1.82, 2.24) is 5.32 Å². The van der Waals surface area contributed by atoms with Crippen LogP contribution in [0.5, 0.6) is 0 Å². The fourth-order valence-electron chi connectivity index (χ4n) is 2.86. The molecule has 0 aromatic heterocycles. The van der Waals surface area contributed by atoms with Crippen molar-refractivity contribution in [2.45, 2.75) is 6.92 Å². The minimum Gasteiger partial charge on any atom is -0.378 e. The number of nitrogens with one attached hydrogen (secondary N) is 2. The van der Waals surface area contributed by atoms with Crippen LogP contribution < -0.4 is 15.5 Å². The number of rotatable bonds is 6. The first-order valence-corrected chi connectivity index (χ1v) is 9.76. The lowest BCUT2D eigenvalue weighted by Gasteiger charge is -2.13. The number of aryl methyl sites for hydroxylation is 1. The molecule has 0 aliphatic carbocycles. The number of anilines is 2. The SMILES string of the molecule is Cc1ccc(NC(=O)/C(=C/c2ccc(N(C)C)cc2)NC(=O)c2ccccc2F)cc1. The highest BCUT2D eigenvalue weighted by Crippen LogP contribution is 2.16. The number of hydrogen-bond donors (Lipinski definition) is 2. The highest BCUT2D eigenvalue weighted by atomic mass is 19.1. The predicted molar refractivity (Wildman–Crippen MR) is 122 cm³/mol. The molecule has 0 radical (unpaired) electrons. The Bertz CT molecular complexity index is 1100. The molecule has 0 saturated carbocycles. The van der Waals surface area contributed by atoms with Crippen molar-refractivity contribution in [3.05, 3.63) is 101 Å². The Balaban J connectivity index is 1.90. The van der Waals surface area contributed by atoms with Gasteiger partial charge in [0.25, 0.3) is 11.8 Å². The van der Waals surface area contributed by atoms with E-state index in [1.54, 1.807) is 24.3 Å². The molecule has 2 N–H and O–H groups in total. The van der Waals surface area contributed by atoms with E-state index in [2.05, 4.69) is 10.6 Å². The van der Waals surface area contributed by atoms with E-state index in [1.807, 2.05) is 62.3 Å². The van der Waals surface area contributed by atoms with Crippen molar-refractivity contribution in [2.75, 3.05) is 24.3 Å². The Kier molecular flexibility index (Phi) is 6.82. The molecule has 2 amide bonds. The van der Waals surface area contributed by atoms with E-state index in [-0.39, 0.29) is 11.3 Å². The minimum atomic E-state index is -0.701. The molecule has 158 valence electrons. The molecule has 6 heteroatoms. The van der Waals surface area contributed by atoms with Gasteiger partial charge in [-0.1, -0.05) is 42.0 Å². The summed E-state index contributed by atoms with van der Waals surface area (Å²) in [6, 6.07) is 20.4. The van der Waals surface area contributed by atoms with Crippen LogP contribution in [-0.4, -0.2) is 25.9 Å². The summed E-state index contributed by atoms with van der Waals surface area (Å²) in [5.74, 6) is -1.87. The summed E-state index contributed by atoms with van der Waals surface area (Å²) in [7, 11) is 3.86. The van der Waals surface area contributed by atoms with Gasteiger partial charge in [0.2, 0.25) is 0 Å². The molecule has 3 aromatic carbocycles. The van der Waals surface area contributed by atoms with E-state index >= 15 is 0 Å². The number of nitrogens with zero attached hydrogens (tertiary/aromatic N) is 1. The summed E-state index contributed by atoms with van der Waals surface area (Å²) >= 11 is 0. The van der Waals surface area contributed by atoms with Crippen LogP contribution >= 0.6 is 0 Å². The third-order valence-corrected chi connectivity index (χ3v) is 4.64. The highest BCUT2D eigenvalue weighted by Gasteiger charge is 2.17. The van der Waals surface area contributed by atoms with E-state index in [1.165, 1.54) is 18.2 Å². The van der Waals surface area contributed by atoms with Gasteiger partial charge in [0.1, 0.15) is 11.5 Å². The van der Waals surface area contributed by atoms with Crippen LogP contribution in [0.4, 0.5) is 15.8 Å². The average Bonchev–Trinajstić information content (AvgIpc) is 2.75. The lowest BCUT2D eigenvalue weighted by molar-refractivity contribution is -0.113. The lowest BCUT2D eigenvalue weighted by Crippen LogP contribution is -2.31. The van der Waals surface area contributed by atoms with Gasteiger partial charge in [-0.15, -0.1) is 0 Å². The first kappa shape index (κ1) is 21.8. The summed E-state index contributed by atoms with van der Waals surface area (Å²) in [5.41, 5.74) is 3.23.